The van der Waals surface area contributed by atoms with E-state index in [1.165, 1.54) is 11.3 Å². The van der Waals surface area contributed by atoms with Crippen molar-refractivity contribution in [3.63, 3.8) is 0 Å². The van der Waals surface area contributed by atoms with Crippen LogP contribution < -0.4 is 15.1 Å². The summed E-state index contributed by atoms with van der Waals surface area (Å²) in [5.41, 5.74) is 7.97. The van der Waals surface area contributed by atoms with Crippen LogP contribution in [0.4, 0.5) is 5.69 Å². The number of amides is 1. The molecule has 6 nitrogen and oxygen atoms in total. The number of hydrazone groups is 1. The minimum Gasteiger partial charge on any atom is -0.493 e. The maximum absolute atomic E-state index is 12.6. The molecule has 0 bridgehead atoms. The summed E-state index contributed by atoms with van der Waals surface area (Å²) in [5.74, 6) is 0.772. The van der Waals surface area contributed by atoms with Crippen LogP contribution in [0.2, 0.25) is 0 Å². The average molecular weight is 512 g/mol. The molecule has 0 spiro atoms. The first-order valence-corrected chi connectivity index (χ1v) is 12.0. The van der Waals surface area contributed by atoms with Crippen LogP contribution in [-0.4, -0.2) is 31.3 Å². The highest BCUT2D eigenvalue weighted by Crippen LogP contribution is 2.44. The fourth-order valence-electron chi connectivity index (χ4n) is 4.95. The van der Waals surface area contributed by atoms with Crippen molar-refractivity contribution in [2.75, 3.05) is 18.6 Å². The Morgan fingerprint density at radius 1 is 1.33 bits per heavy atom. The number of benzene rings is 2. The molecule has 0 saturated carbocycles. The van der Waals surface area contributed by atoms with Crippen molar-refractivity contribution >= 4 is 44.7 Å². The van der Waals surface area contributed by atoms with Crippen molar-refractivity contribution in [1.29, 1.82) is 0 Å². The number of halogens is 1. The molecule has 1 aromatic heterocycles. The highest BCUT2D eigenvalue weighted by atomic mass is 79.9. The fourth-order valence-corrected chi connectivity index (χ4v) is 5.41. The number of fused-ring (bicyclic) bond motifs is 2. The predicted molar refractivity (Wildman–Crippen MR) is 137 cm³/mol. The van der Waals surface area contributed by atoms with Crippen LogP contribution in [0.5, 0.6) is 5.75 Å². The molecule has 1 aliphatic rings. The van der Waals surface area contributed by atoms with Crippen molar-refractivity contribution < 1.29 is 13.9 Å². The number of nitrogens with one attached hydrogen (secondary N) is 1. The summed E-state index contributed by atoms with van der Waals surface area (Å²) >= 11 is 3.44. The monoisotopic (exact) mass is 511 g/mol. The van der Waals surface area contributed by atoms with E-state index in [4.69, 9.17) is 9.15 Å². The molecule has 0 fully saturated rings. The second kappa shape index (κ2) is 8.86. The summed E-state index contributed by atoms with van der Waals surface area (Å²) in [6.45, 7) is 12.1. The Labute approximate surface area is 203 Å². The molecule has 0 aliphatic carbocycles. The average Bonchev–Trinajstić information content (AvgIpc) is 3.17. The molecule has 2 heterocycles. The van der Waals surface area contributed by atoms with Gasteiger partial charge in [-0.25, -0.2) is 5.43 Å². The zero-order valence-corrected chi connectivity index (χ0v) is 21.5. The summed E-state index contributed by atoms with van der Waals surface area (Å²) in [4.78, 5) is 15.1. The molecule has 33 heavy (non-hydrogen) atoms. The lowest BCUT2D eigenvalue weighted by Crippen LogP contribution is -2.48. The number of aryl methyl sites for hydroxylation is 1. The maximum Gasteiger partial charge on any atom is 0.307 e. The van der Waals surface area contributed by atoms with E-state index in [0.29, 0.717) is 17.3 Å². The highest BCUT2D eigenvalue weighted by molar-refractivity contribution is 9.10. The number of carbonyl (C=O) groups is 1. The van der Waals surface area contributed by atoms with Gasteiger partial charge in [0.2, 0.25) is 0 Å². The van der Waals surface area contributed by atoms with Gasteiger partial charge in [-0.3, -0.25) is 4.79 Å². The Bertz CT molecular complexity index is 1250. The first-order chi connectivity index (χ1) is 15.6. The third-order valence-electron chi connectivity index (χ3n) is 6.45. The van der Waals surface area contributed by atoms with Crippen molar-refractivity contribution in [2.24, 2.45) is 5.10 Å². The van der Waals surface area contributed by atoms with Crippen LogP contribution in [0.25, 0.3) is 11.0 Å². The lowest BCUT2D eigenvalue weighted by atomic mass is 9.79. The zero-order chi connectivity index (χ0) is 23.9. The fraction of sp³-hybridized carbons (Fsp3) is 0.385. The van der Waals surface area contributed by atoms with Gasteiger partial charge in [0.05, 0.1) is 13.3 Å². The molecule has 1 amide bonds. The van der Waals surface area contributed by atoms with Crippen LogP contribution in [0.1, 0.15) is 67.3 Å². The SMILES string of the molecule is CCN1c2cc(C)c(/C=N\NC(=O)c3cc4cc(Br)cc(OC)c4o3)cc2[C@@H](C)CC1(C)C. The van der Waals surface area contributed by atoms with E-state index in [9.17, 15) is 4.79 Å². The third kappa shape index (κ3) is 4.38. The van der Waals surface area contributed by atoms with E-state index < -0.39 is 5.91 Å². The molecule has 0 saturated heterocycles. The Morgan fingerprint density at radius 2 is 2.09 bits per heavy atom. The van der Waals surface area contributed by atoms with Crippen LogP contribution in [0, 0.1) is 6.92 Å². The molecular formula is C26H30BrN3O3. The molecule has 4 rings (SSSR count). The number of hydrogen-bond donors (Lipinski definition) is 1. The van der Waals surface area contributed by atoms with Crippen LogP contribution >= 0.6 is 15.9 Å². The molecule has 3 aromatic rings. The van der Waals surface area contributed by atoms with Gasteiger partial charge in [-0.2, -0.15) is 5.10 Å². The van der Waals surface area contributed by atoms with E-state index in [1.807, 2.05) is 6.07 Å². The largest absolute Gasteiger partial charge is 0.493 e. The normalized spacial score (nSPS) is 17.4. The molecule has 2 aromatic carbocycles. The van der Waals surface area contributed by atoms with Gasteiger partial charge < -0.3 is 14.1 Å². The number of hydrogen-bond acceptors (Lipinski definition) is 5. The molecular weight excluding hydrogens is 482 g/mol. The quantitative estimate of drug-likeness (QED) is 0.318. The van der Waals surface area contributed by atoms with E-state index in [2.05, 4.69) is 78.1 Å². The van der Waals surface area contributed by atoms with Gasteiger partial charge in [0.25, 0.3) is 0 Å². The summed E-state index contributed by atoms with van der Waals surface area (Å²) in [5, 5.41) is 4.99. The van der Waals surface area contributed by atoms with Crippen molar-refractivity contribution in [1.82, 2.24) is 5.43 Å². The number of carbonyl (C=O) groups excluding carboxylic acids is 1. The van der Waals surface area contributed by atoms with Crippen LogP contribution in [0.3, 0.4) is 0 Å². The van der Waals surface area contributed by atoms with Gasteiger partial charge in [0.15, 0.2) is 17.1 Å². The lowest BCUT2D eigenvalue weighted by Gasteiger charge is -2.47. The van der Waals surface area contributed by atoms with Gasteiger partial charge in [0.1, 0.15) is 0 Å². The number of nitrogens with zero attached hydrogens (tertiary/aromatic N) is 2. The van der Waals surface area contributed by atoms with Gasteiger partial charge in [-0.15, -0.1) is 0 Å². The van der Waals surface area contributed by atoms with Gasteiger partial charge in [-0.1, -0.05) is 22.9 Å². The van der Waals surface area contributed by atoms with Crippen molar-refractivity contribution in [3.8, 4) is 5.75 Å². The Hall–Kier alpha value is -2.80. The number of methoxy groups -OCH3 is 1. The molecule has 1 atom stereocenters. The number of furan rings is 1. The predicted octanol–water partition coefficient (Wildman–Crippen LogP) is 6.39. The minimum absolute atomic E-state index is 0.127. The molecule has 1 N–H and O–H groups in total. The Balaban J connectivity index is 1.56. The molecule has 7 heteroatoms. The summed E-state index contributed by atoms with van der Waals surface area (Å²) in [7, 11) is 1.57. The molecule has 1 aliphatic heterocycles. The second-order valence-corrected chi connectivity index (χ2v) is 10.2. The number of anilines is 1. The standard InChI is InChI=1S/C26H30BrN3O3/c1-7-30-21-8-15(2)18(10-20(21)16(3)13-26(30,4)5)14-28-29-25(31)23-11-17-9-19(27)12-22(32-6)24(17)33-23/h8-12,14,16H,7,13H2,1-6H3,(H,29,31)/b28-14-/t16-/m0/s1. The van der Waals surface area contributed by atoms with E-state index >= 15 is 0 Å². The first kappa shape index (κ1) is 23.4. The summed E-state index contributed by atoms with van der Waals surface area (Å²) in [6, 6.07) is 9.79. The molecule has 174 valence electrons. The van der Waals surface area contributed by atoms with E-state index in [-0.39, 0.29) is 11.3 Å². The van der Waals surface area contributed by atoms with Crippen molar-refractivity contribution in [2.45, 2.75) is 52.5 Å². The minimum atomic E-state index is -0.413. The lowest BCUT2D eigenvalue weighted by molar-refractivity contribution is 0.0929. The topological polar surface area (TPSA) is 67.1 Å². The summed E-state index contributed by atoms with van der Waals surface area (Å²) in [6.07, 6.45) is 2.80. The Kier molecular flexibility index (Phi) is 6.27. The zero-order valence-electron chi connectivity index (χ0n) is 20.0. The third-order valence-corrected chi connectivity index (χ3v) is 6.91. The number of ether oxygens (including phenoxy) is 1. The highest BCUT2D eigenvalue weighted by Gasteiger charge is 2.35. The van der Waals surface area contributed by atoms with E-state index in [0.717, 1.165) is 34.0 Å². The first-order valence-electron chi connectivity index (χ1n) is 11.2. The summed E-state index contributed by atoms with van der Waals surface area (Å²) < 4.78 is 11.9. The van der Waals surface area contributed by atoms with Crippen LogP contribution in [-0.2, 0) is 0 Å². The van der Waals surface area contributed by atoms with Gasteiger partial charge >= 0.3 is 5.91 Å². The molecule has 0 radical (unpaired) electrons. The maximum atomic E-state index is 12.6. The molecule has 0 unspecified atom stereocenters. The van der Waals surface area contributed by atoms with Gasteiger partial charge in [0, 0.05) is 27.6 Å². The van der Waals surface area contributed by atoms with Gasteiger partial charge in [-0.05, 0) is 87.1 Å². The smallest absolute Gasteiger partial charge is 0.307 e. The second-order valence-electron chi connectivity index (χ2n) is 9.27. The van der Waals surface area contributed by atoms with Crippen molar-refractivity contribution in [3.05, 3.63) is 57.3 Å². The number of rotatable bonds is 5. The van der Waals surface area contributed by atoms with Crippen LogP contribution in [0.15, 0.2) is 44.3 Å². The van der Waals surface area contributed by atoms with E-state index in [1.54, 1.807) is 25.5 Å². The Morgan fingerprint density at radius 3 is 2.79 bits per heavy atom.